The predicted molar refractivity (Wildman–Crippen MR) is 47.5 cm³/mol. The summed E-state index contributed by atoms with van der Waals surface area (Å²) in [6.07, 6.45) is 4.43. The molecule has 1 aliphatic heterocycles. The van der Waals surface area contributed by atoms with Crippen molar-refractivity contribution in [2.24, 2.45) is 17.3 Å². The Labute approximate surface area is 69.6 Å². The number of hydrogen-bond acceptors (Lipinski definition) is 1. The molecule has 0 radical (unpaired) electrons. The highest BCUT2D eigenvalue weighted by molar-refractivity contribution is 5.04. The molecule has 2 fully saturated rings. The Hall–Kier alpha value is -0.0400. The van der Waals surface area contributed by atoms with E-state index in [2.05, 4.69) is 19.2 Å². The third kappa shape index (κ3) is 1.31. The van der Waals surface area contributed by atoms with E-state index >= 15 is 0 Å². The van der Waals surface area contributed by atoms with Gasteiger partial charge >= 0.3 is 0 Å². The minimum Gasteiger partial charge on any atom is -0.316 e. The van der Waals surface area contributed by atoms with Crippen LogP contribution in [0.2, 0.25) is 0 Å². The molecule has 0 aromatic heterocycles. The van der Waals surface area contributed by atoms with Gasteiger partial charge < -0.3 is 5.32 Å². The van der Waals surface area contributed by atoms with Crippen molar-refractivity contribution in [2.45, 2.75) is 33.1 Å². The highest BCUT2D eigenvalue weighted by atomic mass is 15.0. The first kappa shape index (κ1) is 7.60. The van der Waals surface area contributed by atoms with E-state index in [4.69, 9.17) is 0 Å². The Morgan fingerprint density at radius 1 is 1.45 bits per heavy atom. The summed E-state index contributed by atoms with van der Waals surface area (Å²) < 4.78 is 0. The fourth-order valence-corrected chi connectivity index (χ4v) is 2.50. The molecular weight excluding hydrogens is 134 g/mol. The van der Waals surface area contributed by atoms with E-state index in [0.29, 0.717) is 0 Å². The molecule has 0 aromatic carbocycles. The number of rotatable bonds is 2. The van der Waals surface area contributed by atoms with E-state index in [9.17, 15) is 0 Å². The van der Waals surface area contributed by atoms with Gasteiger partial charge in [0.1, 0.15) is 0 Å². The molecule has 1 aliphatic carbocycles. The van der Waals surface area contributed by atoms with Gasteiger partial charge in [-0.1, -0.05) is 13.8 Å². The summed E-state index contributed by atoms with van der Waals surface area (Å²) in [5, 5.41) is 3.53. The highest BCUT2D eigenvalue weighted by Crippen LogP contribution is 2.55. The van der Waals surface area contributed by atoms with E-state index in [1.54, 1.807) is 0 Å². The van der Waals surface area contributed by atoms with E-state index in [-0.39, 0.29) is 0 Å². The lowest BCUT2D eigenvalue weighted by molar-refractivity contribution is 0.329. The maximum Gasteiger partial charge on any atom is 0.00111 e. The Morgan fingerprint density at radius 2 is 2.18 bits per heavy atom. The molecule has 1 nitrogen and oxygen atoms in total. The minimum absolute atomic E-state index is 0.782. The summed E-state index contributed by atoms with van der Waals surface area (Å²) in [6, 6.07) is 0. The zero-order chi connectivity index (χ0) is 7.90. The summed E-state index contributed by atoms with van der Waals surface area (Å²) >= 11 is 0. The Kier molecular flexibility index (Phi) is 1.71. The van der Waals surface area contributed by atoms with Crippen molar-refractivity contribution in [1.29, 1.82) is 0 Å². The van der Waals surface area contributed by atoms with Gasteiger partial charge in [0.05, 0.1) is 0 Å². The maximum atomic E-state index is 3.53. The number of hydrogen-bond donors (Lipinski definition) is 1. The summed E-state index contributed by atoms with van der Waals surface area (Å²) in [7, 11) is 0. The van der Waals surface area contributed by atoms with Crippen molar-refractivity contribution in [3.05, 3.63) is 0 Å². The molecule has 1 N–H and O–H groups in total. The van der Waals surface area contributed by atoms with Crippen LogP contribution in [-0.2, 0) is 0 Å². The normalized spacial score (nSPS) is 33.5. The molecule has 0 aromatic rings. The van der Waals surface area contributed by atoms with Gasteiger partial charge in [-0.2, -0.15) is 0 Å². The average molecular weight is 153 g/mol. The Morgan fingerprint density at radius 3 is 2.73 bits per heavy atom. The second kappa shape index (κ2) is 2.48. The van der Waals surface area contributed by atoms with E-state index in [1.807, 2.05) is 0 Å². The van der Waals surface area contributed by atoms with Crippen molar-refractivity contribution in [2.75, 3.05) is 13.1 Å². The second-order valence-corrected chi connectivity index (χ2v) is 4.82. The Bertz CT molecular complexity index is 147. The molecule has 64 valence electrons. The quantitative estimate of drug-likeness (QED) is 0.640. The largest absolute Gasteiger partial charge is 0.316 e. The van der Waals surface area contributed by atoms with Gasteiger partial charge in [0.15, 0.2) is 0 Å². The van der Waals surface area contributed by atoms with Crippen LogP contribution in [-0.4, -0.2) is 13.1 Å². The fourth-order valence-electron chi connectivity index (χ4n) is 2.50. The second-order valence-electron chi connectivity index (χ2n) is 4.82. The first-order chi connectivity index (χ1) is 5.23. The van der Waals surface area contributed by atoms with Crippen LogP contribution in [0, 0.1) is 17.3 Å². The maximum absolute atomic E-state index is 3.53. The lowest BCUT2D eigenvalue weighted by atomic mass is 9.86. The molecule has 1 spiro atoms. The standard InChI is InChI=1S/C10H19N/c1-8(2)5-9-6-11-7-10(9)3-4-10/h8-9,11H,3-7H2,1-2H3. The topological polar surface area (TPSA) is 12.0 Å². The molecule has 0 bridgehead atoms. The SMILES string of the molecule is CC(C)CC1CNCC12CC2. The van der Waals surface area contributed by atoms with Gasteiger partial charge in [0, 0.05) is 6.54 Å². The highest BCUT2D eigenvalue weighted by Gasteiger charge is 2.51. The van der Waals surface area contributed by atoms with Crippen LogP contribution in [0.4, 0.5) is 0 Å². The van der Waals surface area contributed by atoms with Crippen LogP contribution < -0.4 is 5.32 Å². The van der Waals surface area contributed by atoms with Crippen LogP contribution in [0.15, 0.2) is 0 Å². The van der Waals surface area contributed by atoms with E-state index < -0.39 is 0 Å². The fraction of sp³-hybridized carbons (Fsp3) is 1.00. The zero-order valence-corrected chi connectivity index (χ0v) is 7.69. The van der Waals surface area contributed by atoms with E-state index in [0.717, 1.165) is 17.3 Å². The molecule has 2 aliphatic rings. The van der Waals surface area contributed by atoms with Crippen LogP contribution in [0.5, 0.6) is 0 Å². The molecule has 2 rings (SSSR count). The van der Waals surface area contributed by atoms with Crippen molar-refractivity contribution in [1.82, 2.24) is 5.32 Å². The van der Waals surface area contributed by atoms with Gasteiger partial charge in [0.25, 0.3) is 0 Å². The van der Waals surface area contributed by atoms with Crippen LogP contribution in [0.25, 0.3) is 0 Å². The molecule has 1 unspecified atom stereocenters. The first-order valence-corrected chi connectivity index (χ1v) is 4.94. The summed E-state index contributed by atoms with van der Waals surface area (Å²) in [4.78, 5) is 0. The van der Waals surface area contributed by atoms with Crippen molar-refractivity contribution in [3.8, 4) is 0 Å². The molecule has 1 atom stereocenters. The van der Waals surface area contributed by atoms with Gasteiger partial charge in [-0.15, -0.1) is 0 Å². The van der Waals surface area contributed by atoms with Crippen molar-refractivity contribution >= 4 is 0 Å². The van der Waals surface area contributed by atoms with Crippen LogP contribution >= 0.6 is 0 Å². The predicted octanol–water partition coefficient (Wildman–Crippen LogP) is 2.03. The van der Waals surface area contributed by atoms with E-state index in [1.165, 1.54) is 32.4 Å². The molecule has 1 heteroatoms. The molecule has 11 heavy (non-hydrogen) atoms. The molecule has 1 saturated carbocycles. The van der Waals surface area contributed by atoms with Gasteiger partial charge in [-0.25, -0.2) is 0 Å². The summed E-state index contributed by atoms with van der Waals surface area (Å²) in [6.45, 7) is 7.28. The van der Waals surface area contributed by atoms with Gasteiger partial charge in [0.2, 0.25) is 0 Å². The third-order valence-corrected chi connectivity index (χ3v) is 3.38. The van der Waals surface area contributed by atoms with Gasteiger partial charge in [-0.3, -0.25) is 0 Å². The summed E-state index contributed by atoms with van der Waals surface area (Å²) in [5.41, 5.74) is 0.782. The van der Waals surface area contributed by atoms with Crippen molar-refractivity contribution < 1.29 is 0 Å². The molecule has 1 saturated heterocycles. The summed E-state index contributed by atoms with van der Waals surface area (Å²) in [5.74, 6) is 1.89. The lowest BCUT2D eigenvalue weighted by Gasteiger charge is -2.18. The minimum atomic E-state index is 0.782. The molecule has 0 amide bonds. The van der Waals surface area contributed by atoms with Crippen LogP contribution in [0.1, 0.15) is 33.1 Å². The molecular formula is C10H19N. The smallest absolute Gasteiger partial charge is 0.00111 e. The lowest BCUT2D eigenvalue weighted by Crippen LogP contribution is -2.15. The Balaban J connectivity index is 1.92. The van der Waals surface area contributed by atoms with Crippen LogP contribution in [0.3, 0.4) is 0 Å². The first-order valence-electron chi connectivity index (χ1n) is 4.94. The molecule has 1 heterocycles. The third-order valence-electron chi connectivity index (χ3n) is 3.38. The average Bonchev–Trinajstić information content (AvgIpc) is 2.56. The zero-order valence-electron chi connectivity index (χ0n) is 7.69. The monoisotopic (exact) mass is 153 g/mol. The number of nitrogens with one attached hydrogen (secondary N) is 1. The van der Waals surface area contributed by atoms with Crippen molar-refractivity contribution in [3.63, 3.8) is 0 Å². The van der Waals surface area contributed by atoms with Gasteiger partial charge in [-0.05, 0) is 43.1 Å².